The number of nitrogens with zero attached hydrogens (tertiary/aromatic N) is 2. The van der Waals surface area contributed by atoms with Crippen LogP contribution in [-0.4, -0.2) is 35.3 Å². The molecule has 0 unspecified atom stereocenters. The van der Waals surface area contributed by atoms with Crippen LogP contribution in [0.3, 0.4) is 0 Å². The maximum Gasteiger partial charge on any atom is 0.106 e. The van der Waals surface area contributed by atoms with Gasteiger partial charge in [-0.3, -0.25) is 4.98 Å². The van der Waals surface area contributed by atoms with Crippen LogP contribution in [0.2, 0.25) is 0 Å². The highest BCUT2D eigenvalue weighted by Crippen LogP contribution is 2.16. The van der Waals surface area contributed by atoms with Crippen molar-refractivity contribution in [2.75, 3.05) is 25.1 Å². The van der Waals surface area contributed by atoms with Gasteiger partial charge in [-0.25, -0.2) is 0 Å². The Labute approximate surface area is 88.4 Å². The molecule has 0 amide bonds. The van der Waals surface area contributed by atoms with Gasteiger partial charge in [0, 0.05) is 25.4 Å². The third-order valence-corrected chi connectivity index (χ3v) is 2.13. The highest BCUT2D eigenvalue weighted by atomic mass is 32.1. The maximum atomic E-state index is 8.80. The second kappa shape index (κ2) is 4.88. The number of thiocarbonyl (C=S) groups is 1. The normalized spacial score (nSPS) is 9.86. The first kappa shape index (κ1) is 10.9. The predicted octanol–water partition coefficient (Wildman–Crippen LogP) is 0.144. The van der Waals surface area contributed by atoms with Gasteiger partial charge in [-0.15, -0.1) is 0 Å². The van der Waals surface area contributed by atoms with Gasteiger partial charge in [0.15, 0.2) is 0 Å². The Kier molecular flexibility index (Phi) is 3.79. The summed E-state index contributed by atoms with van der Waals surface area (Å²) in [6, 6.07) is 1.77. The average molecular weight is 211 g/mol. The second-order valence-corrected chi connectivity index (χ2v) is 3.34. The zero-order valence-electron chi connectivity index (χ0n) is 7.97. The van der Waals surface area contributed by atoms with Crippen molar-refractivity contribution in [3.63, 3.8) is 0 Å². The van der Waals surface area contributed by atoms with Crippen LogP contribution >= 0.6 is 12.2 Å². The molecule has 1 rings (SSSR count). The fourth-order valence-corrected chi connectivity index (χ4v) is 1.34. The van der Waals surface area contributed by atoms with Crippen molar-refractivity contribution in [2.24, 2.45) is 5.73 Å². The molecule has 1 aromatic rings. The third-order valence-electron chi connectivity index (χ3n) is 1.91. The summed E-state index contributed by atoms with van der Waals surface area (Å²) in [5.74, 6) is 0. The summed E-state index contributed by atoms with van der Waals surface area (Å²) < 4.78 is 0. The summed E-state index contributed by atoms with van der Waals surface area (Å²) in [6.07, 6.45) is 3.33. The van der Waals surface area contributed by atoms with E-state index in [1.807, 2.05) is 11.9 Å². The fraction of sp³-hybridized carbons (Fsp3) is 0.333. The SMILES string of the molecule is CN(CCO)c1cnccc1C(N)=S. The van der Waals surface area contributed by atoms with E-state index in [1.165, 1.54) is 0 Å². The van der Waals surface area contributed by atoms with Crippen LogP contribution in [0.1, 0.15) is 5.56 Å². The molecule has 76 valence electrons. The highest BCUT2D eigenvalue weighted by Gasteiger charge is 2.08. The minimum Gasteiger partial charge on any atom is -0.395 e. The van der Waals surface area contributed by atoms with Gasteiger partial charge in [0.05, 0.1) is 18.5 Å². The van der Waals surface area contributed by atoms with Gasteiger partial charge in [-0.2, -0.15) is 0 Å². The van der Waals surface area contributed by atoms with E-state index in [9.17, 15) is 0 Å². The first-order valence-corrected chi connectivity index (χ1v) is 4.63. The van der Waals surface area contributed by atoms with Gasteiger partial charge in [-0.1, -0.05) is 12.2 Å². The Morgan fingerprint density at radius 3 is 3.00 bits per heavy atom. The third kappa shape index (κ3) is 2.40. The van der Waals surface area contributed by atoms with E-state index in [0.29, 0.717) is 11.5 Å². The lowest BCUT2D eigenvalue weighted by Gasteiger charge is -2.20. The standard InChI is InChI=1S/C9H13N3OS/c1-12(4-5-13)8-6-11-3-2-7(8)9(10)14/h2-3,6,13H,4-5H2,1H3,(H2,10,14). The maximum absolute atomic E-state index is 8.80. The Bertz CT molecular complexity index is 330. The van der Waals surface area contributed by atoms with Crippen LogP contribution in [0.25, 0.3) is 0 Å². The van der Waals surface area contributed by atoms with Crippen LogP contribution in [0, 0.1) is 0 Å². The summed E-state index contributed by atoms with van der Waals surface area (Å²) in [4.78, 5) is 6.20. The number of aliphatic hydroxyl groups is 1. The van der Waals surface area contributed by atoms with E-state index in [-0.39, 0.29) is 6.61 Å². The first-order valence-electron chi connectivity index (χ1n) is 4.22. The molecule has 0 radical (unpaired) electrons. The van der Waals surface area contributed by atoms with Gasteiger partial charge in [0.1, 0.15) is 4.99 Å². The molecule has 0 aromatic carbocycles. The molecular weight excluding hydrogens is 198 g/mol. The van der Waals surface area contributed by atoms with Crippen molar-refractivity contribution < 1.29 is 5.11 Å². The van der Waals surface area contributed by atoms with Crippen molar-refractivity contribution in [1.82, 2.24) is 4.98 Å². The molecule has 0 fully saturated rings. The highest BCUT2D eigenvalue weighted by molar-refractivity contribution is 7.80. The number of rotatable bonds is 4. The topological polar surface area (TPSA) is 62.4 Å². The lowest BCUT2D eigenvalue weighted by molar-refractivity contribution is 0.304. The molecule has 0 saturated carbocycles. The molecule has 4 nitrogen and oxygen atoms in total. The van der Waals surface area contributed by atoms with Gasteiger partial charge in [0.25, 0.3) is 0 Å². The largest absolute Gasteiger partial charge is 0.395 e. The number of anilines is 1. The molecule has 0 spiro atoms. The zero-order valence-corrected chi connectivity index (χ0v) is 8.79. The molecule has 1 aromatic heterocycles. The van der Waals surface area contributed by atoms with Crippen LogP contribution in [0.4, 0.5) is 5.69 Å². The molecule has 1 heterocycles. The minimum atomic E-state index is 0.0855. The molecule has 3 N–H and O–H groups in total. The van der Waals surface area contributed by atoms with E-state index in [2.05, 4.69) is 4.98 Å². The average Bonchev–Trinajstić information content (AvgIpc) is 2.18. The Hall–Kier alpha value is -1.20. The Morgan fingerprint density at radius 1 is 1.71 bits per heavy atom. The molecule has 5 heteroatoms. The minimum absolute atomic E-state index is 0.0855. The quantitative estimate of drug-likeness (QED) is 0.694. The predicted molar refractivity (Wildman–Crippen MR) is 60.5 cm³/mol. The van der Waals surface area contributed by atoms with Crippen molar-refractivity contribution in [1.29, 1.82) is 0 Å². The molecule has 0 atom stereocenters. The number of aromatic nitrogens is 1. The Balaban J connectivity index is 3.00. The molecule has 0 aliphatic rings. The number of hydrogen-bond donors (Lipinski definition) is 2. The molecule has 0 saturated heterocycles. The molecular formula is C9H13N3OS. The second-order valence-electron chi connectivity index (χ2n) is 2.90. The van der Waals surface area contributed by atoms with Crippen LogP contribution in [0.5, 0.6) is 0 Å². The summed E-state index contributed by atoms with van der Waals surface area (Å²) in [6.45, 7) is 0.615. The molecule has 0 aliphatic heterocycles. The fourth-order valence-electron chi connectivity index (χ4n) is 1.17. The van der Waals surface area contributed by atoms with Crippen molar-refractivity contribution in [2.45, 2.75) is 0 Å². The van der Waals surface area contributed by atoms with E-state index in [1.54, 1.807) is 18.5 Å². The van der Waals surface area contributed by atoms with Crippen molar-refractivity contribution >= 4 is 22.9 Å². The van der Waals surface area contributed by atoms with Gasteiger partial charge >= 0.3 is 0 Å². The number of likely N-dealkylation sites (N-methyl/N-ethyl adjacent to an activating group) is 1. The lowest BCUT2D eigenvalue weighted by atomic mass is 10.2. The Morgan fingerprint density at radius 2 is 2.43 bits per heavy atom. The summed E-state index contributed by atoms with van der Waals surface area (Å²) in [7, 11) is 1.86. The molecule has 0 bridgehead atoms. The van der Waals surface area contributed by atoms with Gasteiger partial charge in [0.2, 0.25) is 0 Å². The van der Waals surface area contributed by atoms with Crippen molar-refractivity contribution in [3.05, 3.63) is 24.0 Å². The zero-order chi connectivity index (χ0) is 10.6. The number of aliphatic hydroxyl groups excluding tert-OH is 1. The monoisotopic (exact) mass is 211 g/mol. The van der Waals surface area contributed by atoms with Crippen molar-refractivity contribution in [3.8, 4) is 0 Å². The van der Waals surface area contributed by atoms with Crippen LogP contribution < -0.4 is 10.6 Å². The molecule has 14 heavy (non-hydrogen) atoms. The van der Waals surface area contributed by atoms with Gasteiger partial charge < -0.3 is 15.7 Å². The van der Waals surface area contributed by atoms with Crippen LogP contribution in [-0.2, 0) is 0 Å². The van der Waals surface area contributed by atoms with E-state index in [0.717, 1.165) is 11.3 Å². The number of hydrogen-bond acceptors (Lipinski definition) is 4. The number of nitrogens with two attached hydrogens (primary N) is 1. The summed E-state index contributed by atoms with van der Waals surface area (Å²) >= 11 is 4.91. The van der Waals surface area contributed by atoms with E-state index >= 15 is 0 Å². The summed E-state index contributed by atoms with van der Waals surface area (Å²) in [5, 5.41) is 8.80. The van der Waals surface area contributed by atoms with Gasteiger partial charge in [-0.05, 0) is 6.07 Å². The van der Waals surface area contributed by atoms with E-state index < -0.39 is 0 Å². The number of pyridine rings is 1. The lowest BCUT2D eigenvalue weighted by Crippen LogP contribution is -2.24. The first-order chi connectivity index (χ1) is 6.66. The van der Waals surface area contributed by atoms with Crippen LogP contribution in [0.15, 0.2) is 18.5 Å². The van der Waals surface area contributed by atoms with E-state index in [4.69, 9.17) is 23.1 Å². The smallest absolute Gasteiger partial charge is 0.106 e. The molecule has 0 aliphatic carbocycles. The summed E-state index contributed by atoms with van der Waals surface area (Å²) in [5.41, 5.74) is 7.19.